The summed E-state index contributed by atoms with van der Waals surface area (Å²) < 4.78 is 4.92. The fourth-order valence-corrected chi connectivity index (χ4v) is 1.09. The molecule has 0 saturated heterocycles. The molecule has 0 saturated carbocycles. The molecule has 0 aliphatic carbocycles. The molecule has 0 atom stereocenters. The summed E-state index contributed by atoms with van der Waals surface area (Å²) in [5.74, 6) is -0.576. The van der Waals surface area contributed by atoms with Gasteiger partial charge in [0.1, 0.15) is 11.5 Å². The molecule has 0 bridgehead atoms. The van der Waals surface area contributed by atoms with Gasteiger partial charge in [0, 0.05) is 6.07 Å². The Bertz CT molecular complexity index is 523. The number of aromatic hydroxyl groups is 1. The van der Waals surface area contributed by atoms with Crippen molar-refractivity contribution in [2.24, 2.45) is 0 Å². The third-order valence-corrected chi connectivity index (χ3v) is 1.80. The van der Waals surface area contributed by atoms with E-state index in [-0.39, 0.29) is 23.0 Å². The molecule has 0 radical (unpaired) electrons. The summed E-state index contributed by atoms with van der Waals surface area (Å²) in [5.41, 5.74) is 5.28. The number of nitrogens with zero attached hydrogens (tertiary/aromatic N) is 2. The Morgan fingerprint density at radius 1 is 1.44 bits per heavy atom. The molecule has 82 valence electrons. The van der Waals surface area contributed by atoms with E-state index in [1.807, 2.05) is 0 Å². The van der Waals surface area contributed by atoms with Gasteiger partial charge < -0.3 is 15.6 Å². The molecule has 0 unspecified atom stereocenters. The van der Waals surface area contributed by atoms with Crippen molar-refractivity contribution in [2.75, 3.05) is 5.73 Å². The van der Waals surface area contributed by atoms with E-state index in [2.05, 4.69) is 15.4 Å². The van der Waals surface area contributed by atoms with E-state index >= 15 is 0 Å². The van der Waals surface area contributed by atoms with Crippen LogP contribution in [0.2, 0.25) is 0 Å². The number of aromatic amines is 1. The van der Waals surface area contributed by atoms with Crippen LogP contribution >= 0.6 is 0 Å². The summed E-state index contributed by atoms with van der Waals surface area (Å²) in [6.45, 7) is 0. The van der Waals surface area contributed by atoms with Crippen molar-refractivity contribution < 1.29 is 14.6 Å². The van der Waals surface area contributed by atoms with E-state index in [1.54, 1.807) is 6.07 Å². The fourth-order valence-electron chi connectivity index (χ4n) is 1.09. The first-order chi connectivity index (χ1) is 7.66. The van der Waals surface area contributed by atoms with E-state index in [0.717, 1.165) is 0 Å². The van der Waals surface area contributed by atoms with E-state index in [4.69, 9.17) is 15.6 Å². The molecule has 16 heavy (non-hydrogen) atoms. The van der Waals surface area contributed by atoms with Crippen LogP contribution in [0.25, 0.3) is 0 Å². The molecule has 1 heterocycles. The molecule has 2 aromatic rings. The minimum atomic E-state index is -0.739. The number of anilines is 1. The van der Waals surface area contributed by atoms with Crippen molar-refractivity contribution in [2.45, 2.75) is 0 Å². The lowest BCUT2D eigenvalue weighted by molar-refractivity contribution is 0.0729. The molecule has 0 aliphatic heterocycles. The predicted octanol–water partition coefficient (Wildman–Crippen LogP) is 0.312. The number of nitrogens with one attached hydrogen (secondary N) is 1. The minimum Gasteiger partial charge on any atom is -0.508 e. The number of benzene rings is 1. The summed E-state index contributed by atoms with van der Waals surface area (Å²) in [4.78, 5) is 11.5. The predicted molar refractivity (Wildman–Crippen MR) is 53.9 cm³/mol. The Morgan fingerprint density at radius 3 is 2.88 bits per heavy atom. The summed E-state index contributed by atoms with van der Waals surface area (Å²) >= 11 is 0. The third kappa shape index (κ3) is 1.92. The van der Waals surface area contributed by atoms with E-state index in [1.165, 1.54) is 18.2 Å². The van der Waals surface area contributed by atoms with E-state index < -0.39 is 5.97 Å². The van der Waals surface area contributed by atoms with Gasteiger partial charge >= 0.3 is 5.97 Å². The monoisotopic (exact) mass is 220 g/mol. The van der Waals surface area contributed by atoms with E-state index in [9.17, 15) is 4.79 Å². The van der Waals surface area contributed by atoms with Crippen molar-refractivity contribution in [3.63, 3.8) is 0 Å². The summed E-state index contributed by atoms with van der Waals surface area (Å²) in [6.07, 6.45) is 0. The van der Waals surface area contributed by atoms with Gasteiger partial charge in [0.05, 0.1) is 0 Å². The first-order valence-corrected chi connectivity index (χ1v) is 4.34. The number of carbonyl (C=O) groups excluding carboxylic acids is 1. The lowest BCUT2D eigenvalue weighted by Gasteiger charge is -2.02. The first-order valence-electron chi connectivity index (χ1n) is 4.34. The van der Waals surface area contributed by atoms with Gasteiger partial charge in [0.15, 0.2) is 5.82 Å². The molecule has 2 rings (SSSR count). The topological polar surface area (TPSA) is 114 Å². The Balaban J connectivity index is 2.17. The molecule has 7 heteroatoms. The zero-order valence-corrected chi connectivity index (χ0v) is 8.04. The number of phenolic OH excluding ortho intramolecular Hbond substituents is 1. The highest BCUT2D eigenvalue weighted by molar-refractivity contribution is 5.93. The highest BCUT2D eigenvalue weighted by Gasteiger charge is 2.16. The Morgan fingerprint density at radius 2 is 2.25 bits per heavy atom. The largest absolute Gasteiger partial charge is 0.508 e. The van der Waals surface area contributed by atoms with Gasteiger partial charge in [0.2, 0.25) is 5.69 Å². The smallest absolute Gasteiger partial charge is 0.368 e. The van der Waals surface area contributed by atoms with Crippen LogP contribution in [0.3, 0.4) is 0 Å². The maximum absolute atomic E-state index is 11.5. The number of nitrogens with two attached hydrogens (primary N) is 1. The number of hydrogen-bond donors (Lipinski definition) is 3. The quantitative estimate of drug-likeness (QED) is 0.495. The number of esters is 1. The van der Waals surface area contributed by atoms with Crippen molar-refractivity contribution in [1.82, 2.24) is 15.4 Å². The molecule has 1 aromatic carbocycles. The second-order valence-corrected chi connectivity index (χ2v) is 2.94. The maximum atomic E-state index is 11.5. The summed E-state index contributed by atoms with van der Waals surface area (Å²) in [7, 11) is 0. The molecule has 0 amide bonds. The van der Waals surface area contributed by atoms with Crippen molar-refractivity contribution in [1.29, 1.82) is 0 Å². The number of ether oxygens (including phenoxy) is 1. The summed E-state index contributed by atoms with van der Waals surface area (Å²) in [5, 5.41) is 18.4. The molecule has 0 spiro atoms. The molecule has 4 N–H and O–H groups in total. The Kier molecular flexibility index (Phi) is 2.42. The lowest BCUT2D eigenvalue weighted by atomic mass is 10.3. The molecular formula is C9H8N4O3. The van der Waals surface area contributed by atoms with Crippen LogP contribution in [0.4, 0.5) is 5.82 Å². The molecule has 0 fully saturated rings. The Labute approximate surface area is 89.8 Å². The number of carbonyl (C=O) groups is 1. The number of rotatable bonds is 2. The second kappa shape index (κ2) is 3.89. The number of phenols is 1. The van der Waals surface area contributed by atoms with Gasteiger partial charge in [-0.25, -0.2) is 4.79 Å². The van der Waals surface area contributed by atoms with Crippen LogP contribution < -0.4 is 10.5 Å². The number of aromatic nitrogens is 3. The molecule has 1 aromatic heterocycles. The second-order valence-electron chi connectivity index (χ2n) is 2.94. The van der Waals surface area contributed by atoms with Gasteiger partial charge in [-0.2, -0.15) is 5.21 Å². The molecular weight excluding hydrogens is 212 g/mol. The zero-order valence-electron chi connectivity index (χ0n) is 8.04. The van der Waals surface area contributed by atoms with Crippen LogP contribution in [0, 0.1) is 0 Å². The number of H-pyrrole nitrogens is 1. The fraction of sp³-hybridized carbons (Fsp3) is 0. The van der Waals surface area contributed by atoms with Crippen LogP contribution in [0.5, 0.6) is 11.5 Å². The average molecular weight is 220 g/mol. The van der Waals surface area contributed by atoms with Crippen LogP contribution in [-0.4, -0.2) is 26.5 Å². The minimum absolute atomic E-state index is 0.00146. The average Bonchev–Trinajstić information content (AvgIpc) is 2.64. The van der Waals surface area contributed by atoms with Gasteiger partial charge in [0.25, 0.3) is 0 Å². The van der Waals surface area contributed by atoms with Gasteiger partial charge in [-0.05, 0) is 12.1 Å². The van der Waals surface area contributed by atoms with E-state index in [0.29, 0.717) is 0 Å². The molecule has 0 aliphatic rings. The SMILES string of the molecule is Nc1n[nH]nc1C(=O)Oc1cccc(O)c1. The molecule has 7 nitrogen and oxygen atoms in total. The van der Waals surface area contributed by atoms with Crippen molar-refractivity contribution in [3.05, 3.63) is 30.0 Å². The first kappa shape index (κ1) is 9.97. The third-order valence-electron chi connectivity index (χ3n) is 1.80. The zero-order chi connectivity index (χ0) is 11.5. The number of hydrogen-bond acceptors (Lipinski definition) is 6. The highest BCUT2D eigenvalue weighted by Crippen LogP contribution is 2.19. The Hall–Kier alpha value is -2.57. The summed E-state index contributed by atoms with van der Waals surface area (Å²) in [6, 6.07) is 5.83. The standard InChI is InChI=1S/C9H8N4O3/c10-8-7(11-13-12-8)9(15)16-6-3-1-2-5(14)4-6/h1-4,14H,(H3,10,11,12,13). The highest BCUT2D eigenvalue weighted by atomic mass is 16.5. The van der Waals surface area contributed by atoms with Crippen molar-refractivity contribution in [3.8, 4) is 11.5 Å². The van der Waals surface area contributed by atoms with Crippen LogP contribution in [-0.2, 0) is 0 Å². The normalized spacial score (nSPS) is 10.0. The maximum Gasteiger partial charge on any atom is 0.368 e. The van der Waals surface area contributed by atoms with Gasteiger partial charge in [-0.15, -0.1) is 10.2 Å². The lowest BCUT2D eigenvalue weighted by Crippen LogP contribution is -2.11. The number of nitrogen functional groups attached to an aromatic ring is 1. The van der Waals surface area contributed by atoms with Crippen molar-refractivity contribution >= 4 is 11.8 Å². The van der Waals surface area contributed by atoms with Gasteiger partial charge in [-0.3, -0.25) is 0 Å². The van der Waals surface area contributed by atoms with Gasteiger partial charge in [-0.1, -0.05) is 6.07 Å². The van der Waals surface area contributed by atoms with Crippen LogP contribution in [0.1, 0.15) is 10.5 Å². The van der Waals surface area contributed by atoms with Crippen LogP contribution in [0.15, 0.2) is 24.3 Å².